The molecule has 1 unspecified atom stereocenters. The van der Waals surface area contributed by atoms with E-state index in [1.54, 1.807) is 10.4 Å². The molecule has 15 heavy (non-hydrogen) atoms. The SMILES string of the molecule is Cc1ccc(Br)cc1S(=N)(=O)N1CCC1. The van der Waals surface area contributed by atoms with Crippen LogP contribution in [0.15, 0.2) is 27.6 Å². The lowest BCUT2D eigenvalue weighted by atomic mass is 10.2. The molecular formula is C10H13BrN2OS. The largest absolute Gasteiger partial charge is 0.236 e. The summed E-state index contributed by atoms with van der Waals surface area (Å²) in [4.78, 5) is 0.636. The van der Waals surface area contributed by atoms with Gasteiger partial charge in [0.25, 0.3) is 0 Å². The predicted molar refractivity (Wildman–Crippen MR) is 64.2 cm³/mol. The van der Waals surface area contributed by atoms with Crippen LogP contribution in [0.4, 0.5) is 0 Å². The quantitative estimate of drug-likeness (QED) is 0.894. The lowest BCUT2D eigenvalue weighted by Gasteiger charge is -2.32. The maximum Gasteiger partial charge on any atom is 0.137 e. The Balaban J connectivity index is 2.48. The highest BCUT2D eigenvalue weighted by Crippen LogP contribution is 2.27. The van der Waals surface area contributed by atoms with Crippen molar-refractivity contribution in [3.05, 3.63) is 28.2 Å². The second-order valence-corrected chi connectivity index (χ2v) is 6.64. The van der Waals surface area contributed by atoms with E-state index >= 15 is 0 Å². The maximum absolute atomic E-state index is 12.3. The first-order valence-electron chi connectivity index (χ1n) is 4.82. The van der Waals surface area contributed by atoms with Gasteiger partial charge in [0.15, 0.2) is 0 Å². The fourth-order valence-corrected chi connectivity index (χ4v) is 3.91. The Morgan fingerprint density at radius 2 is 2.13 bits per heavy atom. The number of benzene rings is 1. The zero-order valence-corrected chi connectivity index (χ0v) is 10.9. The standard InChI is InChI=1S/C10H13BrN2OS/c1-8-3-4-9(11)7-10(8)15(12,14)13-5-2-6-13/h3-4,7,12H,2,5-6H2,1H3. The summed E-state index contributed by atoms with van der Waals surface area (Å²) >= 11 is 3.35. The van der Waals surface area contributed by atoms with E-state index in [4.69, 9.17) is 4.78 Å². The summed E-state index contributed by atoms with van der Waals surface area (Å²) in [5, 5.41) is 0. The van der Waals surface area contributed by atoms with Gasteiger partial charge < -0.3 is 0 Å². The van der Waals surface area contributed by atoms with Crippen LogP contribution in [0.5, 0.6) is 0 Å². The van der Waals surface area contributed by atoms with Gasteiger partial charge in [-0.05, 0) is 31.0 Å². The average Bonchev–Trinajstić information content (AvgIpc) is 2.05. The molecule has 1 aliphatic rings. The first-order valence-corrected chi connectivity index (χ1v) is 7.12. The van der Waals surface area contributed by atoms with Gasteiger partial charge in [-0.25, -0.2) is 13.3 Å². The van der Waals surface area contributed by atoms with E-state index in [-0.39, 0.29) is 0 Å². The van der Waals surface area contributed by atoms with Gasteiger partial charge in [-0.1, -0.05) is 22.0 Å². The van der Waals surface area contributed by atoms with Gasteiger partial charge in [-0.2, -0.15) is 0 Å². The zero-order chi connectivity index (χ0) is 11.1. The Labute approximate surface area is 98.7 Å². The number of aryl methyl sites for hydroxylation is 1. The summed E-state index contributed by atoms with van der Waals surface area (Å²) in [5.41, 5.74) is 0.921. The van der Waals surface area contributed by atoms with Crippen LogP contribution in [-0.4, -0.2) is 21.6 Å². The molecule has 1 saturated heterocycles. The third-order valence-corrected chi connectivity index (χ3v) is 5.25. The van der Waals surface area contributed by atoms with Gasteiger partial charge in [-0.15, -0.1) is 0 Å². The molecule has 1 atom stereocenters. The summed E-state index contributed by atoms with van der Waals surface area (Å²) in [7, 11) is -2.75. The molecule has 0 amide bonds. The molecule has 3 nitrogen and oxygen atoms in total. The van der Waals surface area contributed by atoms with Crippen LogP contribution < -0.4 is 0 Å². The molecule has 1 aromatic carbocycles. The summed E-state index contributed by atoms with van der Waals surface area (Å²) in [5.74, 6) is 0. The van der Waals surface area contributed by atoms with Crippen molar-refractivity contribution >= 4 is 25.8 Å². The predicted octanol–water partition coefficient (Wildman–Crippen LogP) is 2.78. The normalized spacial score (nSPS) is 20.7. The molecule has 0 aromatic heterocycles. The topological polar surface area (TPSA) is 44.2 Å². The minimum atomic E-state index is -2.75. The highest BCUT2D eigenvalue weighted by Gasteiger charge is 2.27. The number of nitrogens with one attached hydrogen (secondary N) is 1. The number of hydrogen-bond acceptors (Lipinski definition) is 2. The number of nitrogens with zero attached hydrogens (tertiary/aromatic N) is 1. The molecule has 0 saturated carbocycles. The van der Waals surface area contributed by atoms with Gasteiger partial charge in [-0.3, -0.25) is 0 Å². The zero-order valence-electron chi connectivity index (χ0n) is 8.50. The van der Waals surface area contributed by atoms with E-state index in [1.807, 2.05) is 19.1 Å². The molecule has 1 aliphatic heterocycles. The second-order valence-electron chi connectivity index (χ2n) is 3.72. The Bertz CT molecular complexity index is 480. The van der Waals surface area contributed by atoms with Crippen molar-refractivity contribution in [2.45, 2.75) is 18.2 Å². The molecule has 1 N–H and O–H groups in total. The van der Waals surface area contributed by atoms with Crippen LogP contribution in [-0.2, 0) is 9.92 Å². The number of halogens is 1. The molecule has 0 bridgehead atoms. The number of hydrogen-bond donors (Lipinski definition) is 1. The lowest BCUT2D eigenvalue weighted by Crippen LogP contribution is -2.41. The monoisotopic (exact) mass is 288 g/mol. The summed E-state index contributed by atoms with van der Waals surface area (Å²) in [6.45, 7) is 3.44. The van der Waals surface area contributed by atoms with Crippen LogP contribution in [0.3, 0.4) is 0 Å². The van der Waals surface area contributed by atoms with Crippen molar-refractivity contribution < 1.29 is 4.21 Å². The lowest BCUT2D eigenvalue weighted by molar-refractivity contribution is 0.322. The fourth-order valence-electron chi connectivity index (χ4n) is 1.56. The van der Waals surface area contributed by atoms with Crippen molar-refractivity contribution in [1.82, 2.24) is 4.31 Å². The van der Waals surface area contributed by atoms with Crippen LogP contribution >= 0.6 is 15.9 Å². The van der Waals surface area contributed by atoms with E-state index in [2.05, 4.69) is 15.9 Å². The molecule has 1 heterocycles. The molecule has 0 aliphatic carbocycles. The third kappa shape index (κ3) is 1.96. The second kappa shape index (κ2) is 3.88. The van der Waals surface area contributed by atoms with Gasteiger partial charge in [0.1, 0.15) is 9.92 Å². The average molecular weight is 289 g/mol. The molecule has 0 radical (unpaired) electrons. The van der Waals surface area contributed by atoms with Crippen LogP contribution in [0.1, 0.15) is 12.0 Å². The van der Waals surface area contributed by atoms with E-state index in [1.165, 1.54) is 0 Å². The first-order chi connectivity index (χ1) is 7.01. The van der Waals surface area contributed by atoms with Gasteiger partial charge in [0, 0.05) is 17.6 Å². The molecule has 82 valence electrons. The van der Waals surface area contributed by atoms with Crippen molar-refractivity contribution in [3.8, 4) is 0 Å². The highest BCUT2D eigenvalue weighted by atomic mass is 79.9. The van der Waals surface area contributed by atoms with E-state index in [0.717, 1.165) is 29.5 Å². The van der Waals surface area contributed by atoms with E-state index < -0.39 is 9.92 Å². The van der Waals surface area contributed by atoms with Crippen molar-refractivity contribution in [1.29, 1.82) is 4.78 Å². The Hall–Kier alpha value is -0.390. The Morgan fingerprint density at radius 3 is 2.67 bits per heavy atom. The molecule has 1 aromatic rings. The van der Waals surface area contributed by atoms with Crippen LogP contribution in [0.2, 0.25) is 0 Å². The first kappa shape index (κ1) is 11.1. The molecule has 0 spiro atoms. The Kier molecular flexibility index (Phi) is 2.87. The summed E-state index contributed by atoms with van der Waals surface area (Å²) in [6, 6.07) is 5.60. The van der Waals surface area contributed by atoms with Gasteiger partial charge in [0.05, 0.1) is 4.90 Å². The minimum absolute atomic E-state index is 0.636. The fraction of sp³-hybridized carbons (Fsp3) is 0.400. The van der Waals surface area contributed by atoms with Crippen molar-refractivity contribution in [3.63, 3.8) is 0 Å². The molecular weight excluding hydrogens is 276 g/mol. The Morgan fingerprint density at radius 1 is 1.47 bits per heavy atom. The molecule has 5 heteroatoms. The van der Waals surface area contributed by atoms with Crippen molar-refractivity contribution in [2.24, 2.45) is 0 Å². The van der Waals surface area contributed by atoms with Crippen molar-refractivity contribution in [2.75, 3.05) is 13.1 Å². The third-order valence-electron chi connectivity index (χ3n) is 2.63. The maximum atomic E-state index is 12.3. The minimum Gasteiger partial charge on any atom is -0.236 e. The van der Waals surface area contributed by atoms with E-state index in [9.17, 15) is 4.21 Å². The van der Waals surface area contributed by atoms with Crippen LogP contribution in [0.25, 0.3) is 0 Å². The summed E-state index contributed by atoms with van der Waals surface area (Å²) in [6.07, 6.45) is 1.04. The van der Waals surface area contributed by atoms with E-state index in [0.29, 0.717) is 4.90 Å². The molecule has 1 fully saturated rings. The molecule has 2 rings (SSSR count). The van der Waals surface area contributed by atoms with Gasteiger partial charge in [0.2, 0.25) is 0 Å². The van der Waals surface area contributed by atoms with Gasteiger partial charge >= 0.3 is 0 Å². The smallest absolute Gasteiger partial charge is 0.137 e. The highest BCUT2D eigenvalue weighted by molar-refractivity contribution is 9.10. The number of rotatable bonds is 2. The van der Waals surface area contributed by atoms with Crippen LogP contribution in [0, 0.1) is 11.7 Å². The summed E-state index contributed by atoms with van der Waals surface area (Å²) < 4.78 is 22.9.